The summed E-state index contributed by atoms with van der Waals surface area (Å²) in [5, 5.41) is 23.6. The zero-order valence-corrected chi connectivity index (χ0v) is 18.2. The van der Waals surface area contributed by atoms with Gasteiger partial charge in [-0.25, -0.2) is 8.78 Å². The third kappa shape index (κ3) is 6.76. The Labute approximate surface area is 191 Å². The van der Waals surface area contributed by atoms with Crippen molar-refractivity contribution in [2.24, 2.45) is 5.92 Å². The van der Waals surface area contributed by atoms with Crippen molar-refractivity contribution in [3.8, 4) is 5.75 Å². The molecule has 0 spiro atoms. The lowest BCUT2D eigenvalue weighted by molar-refractivity contribution is -0.149. The molecular formula is C26H27F2NO4. The summed E-state index contributed by atoms with van der Waals surface area (Å²) in [6.45, 7) is 1.90. The second-order valence-corrected chi connectivity index (χ2v) is 7.72. The highest BCUT2D eigenvalue weighted by Crippen LogP contribution is 2.34. The minimum Gasteiger partial charge on any atom is -0.508 e. The molecule has 0 heterocycles. The molecule has 0 bridgehead atoms. The molecule has 3 aromatic rings. The SMILES string of the molecule is CCOC(=O)C(CC[C@H](O)c1ccc(F)cc1)[C@H](Nc1ccc(F)cc1)c1ccc(O)cc1. The molecule has 3 rings (SSSR count). The third-order valence-corrected chi connectivity index (χ3v) is 5.42. The van der Waals surface area contributed by atoms with E-state index in [-0.39, 0.29) is 31.0 Å². The molecule has 174 valence electrons. The Morgan fingerprint density at radius 1 is 0.879 bits per heavy atom. The van der Waals surface area contributed by atoms with Crippen molar-refractivity contribution < 1.29 is 28.5 Å². The van der Waals surface area contributed by atoms with E-state index in [0.29, 0.717) is 16.8 Å². The number of hydrogen-bond acceptors (Lipinski definition) is 5. The Hall–Kier alpha value is -3.45. The van der Waals surface area contributed by atoms with Crippen LogP contribution < -0.4 is 5.32 Å². The van der Waals surface area contributed by atoms with Gasteiger partial charge in [0, 0.05) is 5.69 Å². The molecule has 0 aliphatic heterocycles. The molecule has 0 aromatic heterocycles. The maximum atomic E-state index is 13.4. The van der Waals surface area contributed by atoms with E-state index >= 15 is 0 Å². The standard InChI is InChI=1S/C26H27F2NO4/c1-2-33-26(32)23(15-16-24(31)17-3-7-19(27)8-4-17)25(18-5-13-22(30)14-6-18)29-21-11-9-20(28)10-12-21/h3-14,23-25,29-31H,2,15-16H2,1H3/t23?,24-,25+/m0/s1. The van der Waals surface area contributed by atoms with Crippen LogP contribution in [0.3, 0.4) is 0 Å². The van der Waals surface area contributed by atoms with Gasteiger partial charge in [0.05, 0.1) is 24.7 Å². The van der Waals surface area contributed by atoms with Crippen LogP contribution in [0.4, 0.5) is 14.5 Å². The molecule has 0 amide bonds. The minimum atomic E-state index is -0.895. The number of aliphatic hydroxyl groups excluding tert-OH is 1. The summed E-state index contributed by atoms with van der Waals surface area (Å²) in [6.07, 6.45) is -0.403. The van der Waals surface area contributed by atoms with Crippen molar-refractivity contribution in [3.05, 3.63) is 95.6 Å². The average molecular weight is 456 g/mol. The highest BCUT2D eigenvalue weighted by atomic mass is 19.1. The number of ether oxygens (including phenoxy) is 1. The first kappa shape index (κ1) is 24.2. The number of rotatable bonds is 10. The fraction of sp³-hybridized carbons (Fsp3) is 0.269. The second-order valence-electron chi connectivity index (χ2n) is 7.72. The summed E-state index contributed by atoms with van der Waals surface area (Å²) in [5.41, 5.74) is 1.86. The Kier molecular flexibility index (Phi) is 8.38. The van der Waals surface area contributed by atoms with Gasteiger partial charge >= 0.3 is 5.97 Å². The maximum Gasteiger partial charge on any atom is 0.311 e. The summed E-state index contributed by atoms with van der Waals surface area (Å²) in [6, 6.07) is 17.2. The molecule has 0 fully saturated rings. The van der Waals surface area contributed by atoms with Crippen LogP contribution in [0.2, 0.25) is 0 Å². The van der Waals surface area contributed by atoms with Crippen LogP contribution in [-0.4, -0.2) is 22.8 Å². The molecule has 0 saturated heterocycles. The van der Waals surface area contributed by atoms with E-state index in [2.05, 4.69) is 5.32 Å². The first-order valence-electron chi connectivity index (χ1n) is 10.8. The number of nitrogens with one attached hydrogen (secondary N) is 1. The quantitative estimate of drug-likeness (QED) is 0.351. The minimum absolute atomic E-state index is 0.0821. The van der Waals surface area contributed by atoms with Crippen LogP contribution in [0, 0.1) is 17.6 Å². The van der Waals surface area contributed by atoms with Gasteiger partial charge in [-0.15, -0.1) is 0 Å². The lowest BCUT2D eigenvalue weighted by atomic mass is 9.87. The molecule has 0 aliphatic rings. The number of carbonyl (C=O) groups excluding carboxylic acids is 1. The van der Waals surface area contributed by atoms with Gasteiger partial charge in [-0.3, -0.25) is 4.79 Å². The van der Waals surface area contributed by atoms with Crippen molar-refractivity contribution in [2.45, 2.75) is 31.9 Å². The molecule has 3 N–H and O–H groups in total. The predicted molar refractivity (Wildman–Crippen MR) is 122 cm³/mol. The average Bonchev–Trinajstić information content (AvgIpc) is 2.81. The van der Waals surface area contributed by atoms with Gasteiger partial charge in [0.2, 0.25) is 0 Å². The summed E-state index contributed by atoms with van der Waals surface area (Å²) in [4.78, 5) is 13.0. The molecule has 0 radical (unpaired) electrons. The molecule has 7 heteroatoms. The van der Waals surface area contributed by atoms with Gasteiger partial charge < -0.3 is 20.3 Å². The van der Waals surface area contributed by atoms with E-state index in [4.69, 9.17) is 4.74 Å². The highest BCUT2D eigenvalue weighted by molar-refractivity contribution is 5.74. The molecule has 3 aromatic carbocycles. The van der Waals surface area contributed by atoms with Crippen LogP contribution in [0.5, 0.6) is 5.75 Å². The molecular weight excluding hydrogens is 428 g/mol. The monoisotopic (exact) mass is 455 g/mol. The number of benzene rings is 3. The van der Waals surface area contributed by atoms with Gasteiger partial charge in [-0.2, -0.15) is 0 Å². The van der Waals surface area contributed by atoms with Crippen LogP contribution in [0.15, 0.2) is 72.8 Å². The Morgan fingerprint density at radius 2 is 1.42 bits per heavy atom. The second kappa shape index (κ2) is 11.4. The van der Waals surface area contributed by atoms with Crippen LogP contribution in [-0.2, 0) is 9.53 Å². The summed E-state index contributed by atoms with van der Waals surface area (Å²) in [7, 11) is 0. The zero-order valence-electron chi connectivity index (χ0n) is 18.2. The van der Waals surface area contributed by atoms with Crippen LogP contribution >= 0.6 is 0 Å². The maximum absolute atomic E-state index is 13.4. The van der Waals surface area contributed by atoms with E-state index in [1.54, 1.807) is 31.2 Å². The number of aromatic hydroxyl groups is 1. The smallest absolute Gasteiger partial charge is 0.311 e. The Bertz CT molecular complexity index is 1020. The molecule has 33 heavy (non-hydrogen) atoms. The van der Waals surface area contributed by atoms with Crippen LogP contribution in [0.25, 0.3) is 0 Å². The molecule has 3 atom stereocenters. The van der Waals surface area contributed by atoms with Crippen molar-refractivity contribution in [1.82, 2.24) is 0 Å². The topological polar surface area (TPSA) is 78.8 Å². The number of halogens is 2. The van der Waals surface area contributed by atoms with E-state index in [0.717, 1.165) is 0 Å². The van der Waals surface area contributed by atoms with Gasteiger partial charge in [-0.05, 0) is 79.4 Å². The predicted octanol–water partition coefficient (Wildman–Crippen LogP) is 5.52. The van der Waals surface area contributed by atoms with Crippen molar-refractivity contribution in [3.63, 3.8) is 0 Å². The fourth-order valence-corrected chi connectivity index (χ4v) is 3.68. The normalized spacial score (nSPS) is 13.7. The largest absolute Gasteiger partial charge is 0.508 e. The molecule has 0 saturated carbocycles. The lowest BCUT2D eigenvalue weighted by Gasteiger charge is -2.29. The molecule has 5 nitrogen and oxygen atoms in total. The Balaban J connectivity index is 1.88. The number of aliphatic hydroxyl groups is 1. The first-order chi connectivity index (χ1) is 15.9. The van der Waals surface area contributed by atoms with Crippen molar-refractivity contribution in [1.29, 1.82) is 0 Å². The number of carbonyl (C=O) groups is 1. The molecule has 1 unspecified atom stereocenters. The summed E-state index contributed by atoms with van der Waals surface area (Å²) in [5.74, 6) is -1.85. The summed E-state index contributed by atoms with van der Waals surface area (Å²) < 4.78 is 31.9. The fourth-order valence-electron chi connectivity index (χ4n) is 3.68. The molecule has 0 aliphatic carbocycles. The number of esters is 1. The Morgan fingerprint density at radius 3 is 2.00 bits per heavy atom. The number of phenols is 1. The third-order valence-electron chi connectivity index (χ3n) is 5.42. The van der Waals surface area contributed by atoms with Crippen molar-refractivity contribution in [2.75, 3.05) is 11.9 Å². The van der Waals surface area contributed by atoms with E-state index in [1.165, 1.54) is 48.5 Å². The van der Waals surface area contributed by atoms with E-state index in [1.807, 2.05) is 0 Å². The highest BCUT2D eigenvalue weighted by Gasteiger charge is 2.31. The van der Waals surface area contributed by atoms with Gasteiger partial charge in [-0.1, -0.05) is 24.3 Å². The first-order valence-corrected chi connectivity index (χ1v) is 10.8. The van der Waals surface area contributed by atoms with Gasteiger partial charge in [0.25, 0.3) is 0 Å². The van der Waals surface area contributed by atoms with E-state index in [9.17, 15) is 23.8 Å². The number of phenolic OH excluding ortho intramolecular Hbond substituents is 1. The lowest BCUT2D eigenvalue weighted by Crippen LogP contribution is -2.30. The van der Waals surface area contributed by atoms with Crippen molar-refractivity contribution >= 4 is 11.7 Å². The van der Waals surface area contributed by atoms with Crippen LogP contribution in [0.1, 0.15) is 43.0 Å². The van der Waals surface area contributed by atoms with E-state index < -0.39 is 29.9 Å². The zero-order chi connectivity index (χ0) is 23.8. The summed E-state index contributed by atoms with van der Waals surface area (Å²) >= 11 is 0. The van der Waals surface area contributed by atoms with Gasteiger partial charge in [0.15, 0.2) is 0 Å². The number of anilines is 1. The number of hydrogen-bond donors (Lipinski definition) is 3. The van der Waals surface area contributed by atoms with Gasteiger partial charge in [0.1, 0.15) is 17.4 Å².